The summed E-state index contributed by atoms with van der Waals surface area (Å²) in [5, 5.41) is 6.80. The summed E-state index contributed by atoms with van der Waals surface area (Å²) in [6, 6.07) is 10.7. The number of aromatic nitrogens is 1. The molecule has 1 heterocycles. The monoisotopic (exact) mass is 260 g/mol. The van der Waals surface area contributed by atoms with Gasteiger partial charge in [-0.2, -0.15) is 0 Å². The maximum atomic E-state index is 4.40. The summed E-state index contributed by atoms with van der Waals surface area (Å²) in [5.74, 6) is 0.517. The number of nitrogens with one attached hydrogen (secondary N) is 1. The fourth-order valence-electron chi connectivity index (χ4n) is 2.05. The van der Waals surface area contributed by atoms with Gasteiger partial charge in [0.2, 0.25) is 0 Å². The lowest BCUT2D eigenvalue weighted by Crippen LogP contribution is -2.23. The van der Waals surface area contributed by atoms with Gasteiger partial charge >= 0.3 is 0 Å². The third-order valence-corrected chi connectivity index (χ3v) is 3.79. The summed E-state index contributed by atoms with van der Waals surface area (Å²) in [6.07, 6.45) is 4.10. The number of nitrogens with zero attached hydrogens (tertiary/aromatic N) is 1. The lowest BCUT2D eigenvalue weighted by atomic mass is 9.96. The van der Waals surface area contributed by atoms with Crippen LogP contribution in [-0.2, 0) is 6.42 Å². The lowest BCUT2D eigenvalue weighted by molar-refractivity contribution is 0.575. The second-order valence-electron chi connectivity index (χ2n) is 4.44. The summed E-state index contributed by atoms with van der Waals surface area (Å²) in [7, 11) is 0. The maximum Gasteiger partial charge on any atom is 0.0931 e. The largest absolute Gasteiger partial charge is 0.316 e. The van der Waals surface area contributed by atoms with Gasteiger partial charge < -0.3 is 5.32 Å². The van der Waals surface area contributed by atoms with Crippen molar-refractivity contribution in [1.29, 1.82) is 0 Å². The zero-order valence-corrected chi connectivity index (χ0v) is 11.6. The normalized spacial score (nSPS) is 12.5. The van der Waals surface area contributed by atoms with E-state index in [1.807, 2.05) is 6.20 Å². The molecule has 1 N–H and O–H groups in total. The van der Waals surface area contributed by atoms with Crippen LogP contribution in [-0.4, -0.2) is 18.1 Å². The first-order valence-electron chi connectivity index (χ1n) is 6.54. The highest BCUT2D eigenvalue weighted by atomic mass is 32.1. The van der Waals surface area contributed by atoms with Gasteiger partial charge in [-0.15, -0.1) is 11.3 Å². The molecule has 2 rings (SSSR count). The molecule has 96 valence electrons. The molecular weight excluding hydrogens is 240 g/mol. The number of benzene rings is 1. The van der Waals surface area contributed by atoms with Gasteiger partial charge in [0.25, 0.3) is 0 Å². The Bertz CT molecular complexity index is 425. The molecule has 0 aliphatic carbocycles. The van der Waals surface area contributed by atoms with E-state index in [1.54, 1.807) is 11.3 Å². The number of hydrogen-bond donors (Lipinski definition) is 1. The quantitative estimate of drug-likeness (QED) is 0.771. The zero-order chi connectivity index (χ0) is 12.6. The molecule has 0 fully saturated rings. The van der Waals surface area contributed by atoms with E-state index in [9.17, 15) is 0 Å². The van der Waals surface area contributed by atoms with Gasteiger partial charge in [-0.25, -0.2) is 4.98 Å². The summed E-state index contributed by atoms with van der Waals surface area (Å²) < 4.78 is 0. The molecule has 0 aliphatic rings. The predicted molar refractivity (Wildman–Crippen MR) is 78.2 cm³/mol. The molecule has 0 spiro atoms. The Kier molecular flexibility index (Phi) is 5.36. The summed E-state index contributed by atoms with van der Waals surface area (Å²) in [5.41, 5.74) is 1.40. The van der Waals surface area contributed by atoms with E-state index in [4.69, 9.17) is 0 Å². The minimum absolute atomic E-state index is 0.517. The van der Waals surface area contributed by atoms with Crippen LogP contribution in [0.15, 0.2) is 41.9 Å². The van der Waals surface area contributed by atoms with Crippen LogP contribution in [0.1, 0.15) is 29.8 Å². The third-order valence-electron chi connectivity index (χ3n) is 2.99. The third kappa shape index (κ3) is 3.93. The van der Waals surface area contributed by atoms with Crippen LogP contribution < -0.4 is 5.32 Å². The minimum atomic E-state index is 0.517. The lowest BCUT2D eigenvalue weighted by Gasteiger charge is -2.17. The van der Waals surface area contributed by atoms with Crippen molar-refractivity contribution in [2.45, 2.75) is 25.7 Å². The predicted octanol–water partition coefficient (Wildman–Crippen LogP) is 3.47. The summed E-state index contributed by atoms with van der Waals surface area (Å²) in [6.45, 7) is 4.31. The van der Waals surface area contributed by atoms with Gasteiger partial charge in [0.1, 0.15) is 0 Å². The minimum Gasteiger partial charge on any atom is -0.316 e. The van der Waals surface area contributed by atoms with E-state index in [2.05, 4.69) is 52.9 Å². The number of rotatable bonds is 7. The molecule has 2 nitrogen and oxygen atoms in total. The van der Waals surface area contributed by atoms with E-state index < -0.39 is 0 Å². The Balaban J connectivity index is 2.03. The number of thiazole rings is 1. The Morgan fingerprint density at radius 2 is 2.11 bits per heavy atom. The topological polar surface area (TPSA) is 24.9 Å². The smallest absolute Gasteiger partial charge is 0.0931 e. The average Bonchev–Trinajstić information content (AvgIpc) is 2.92. The fraction of sp³-hybridized carbons (Fsp3) is 0.400. The Hall–Kier alpha value is -1.19. The molecule has 0 amide bonds. The Morgan fingerprint density at radius 1 is 1.28 bits per heavy atom. The van der Waals surface area contributed by atoms with Crippen LogP contribution in [0, 0.1) is 0 Å². The molecule has 0 aliphatic heterocycles. The van der Waals surface area contributed by atoms with E-state index in [-0.39, 0.29) is 0 Å². The first-order chi connectivity index (χ1) is 8.90. The SMILES string of the molecule is CCCNCC(Cc1nccs1)c1ccccc1. The molecule has 1 atom stereocenters. The molecule has 1 aromatic carbocycles. The van der Waals surface area contributed by atoms with Crippen LogP contribution in [0.2, 0.25) is 0 Å². The van der Waals surface area contributed by atoms with Gasteiger partial charge in [0.05, 0.1) is 5.01 Å². The van der Waals surface area contributed by atoms with E-state index >= 15 is 0 Å². The van der Waals surface area contributed by atoms with Crippen molar-refractivity contribution >= 4 is 11.3 Å². The zero-order valence-electron chi connectivity index (χ0n) is 10.8. The van der Waals surface area contributed by atoms with Gasteiger partial charge in [-0.3, -0.25) is 0 Å². The van der Waals surface area contributed by atoms with Gasteiger partial charge in [-0.05, 0) is 18.5 Å². The molecule has 2 aromatic rings. The van der Waals surface area contributed by atoms with Gasteiger partial charge in [0.15, 0.2) is 0 Å². The molecule has 0 bridgehead atoms. The van der Waals surface area contributed by atoms with Gasteiger partial charge in [0, 0.05) is 30.5 Å². The van der Waals surface area contributed by atoms with Gasteiger partial charge in [-0.1, -0.05) is 37.3 Å². The van der Waals surface area contributed by atoms with E-state index in [0.29, 0.717) is 5.92 Å². The maximum absolute atomic E-state index is 4.40. The highest BCUT2D eigenvalue weighted by Crippen LogP contribution is 2.21. The van der Waals surface area contributed by atoms with Crippen molar-refractivity contribution < 1.29 is 0 Å². The van der Waals surface area contributed by atoms with Crippen LogP contribution in [0.4, 0.5) is 0 Å². The number of hydrogen-bond acceptors (Lipinski definition) is 3. The highest BCUT2D eigenvalue weighted by Gasteiger charge is 2.13. The summed E-state index contributed by atoms with van der Waals surface area (Å²) >= 11 is 1.75. The Morgan fingerprint density at radius 3 is 2.78 bits per heavy atom. The van der Waals surface area contributed by atoms with Crippen LogP contribution in [0.25, 0.3) is 0 Å². The van der Waals surface area contributed by atoms with Crippen molar-refractivity contribution in [2.75, 3.05) is 13.1 Å². The standard InChI is InChI=1S/C15H20N2S/c1-2-8-16-12-14(11-15-17-9-10-18-15)13-6-4-3-5-7-13/h3-7,9-10,14,16H,2,8,11-12H2,1H3. The van der Waals surface area contributed by atoms with Crippen LogP contribution in [0.3, 0.4) is 0 Å². The Labute approximate surface area is 113 Å². The van der Waals surface area contributed by atoms with Crippen molar-refractivity contribution in [2.24, 2.45) is 0 Å². The molecular formula is C15H20N2S. The molecule has 3 heteroatoms. The van der Waals surface area contributed by atoms with Crippen molar-refractivity contribution in [3.8, 4) is 0 Å². The average molecular weight is 260 g/mol. The second kappa shape index (κ2) is 7.29. The molecule has 1 aromatic heterocycles. The van der Waals surface area contributed by atoms with Crippen LogP contribution >= 0.6 is 11.3 Å². The van der Waals surface area contributed by atoms with Crippen LogP contribution in [0.5, 0.6) is 0 Å². The molecule has 1 unspecified atom stereocenters. The first-order valence-corrected chi connectivity index (χ1v) is 7.42. The fourth-order valence-corrected chi connectivity index (χ4v) is 2.75. The molecule has 0 saturated heterocycles. The highest BCUT2D eigenvalue weighted by molar-refractivity contribution is 7.09. The first kappa shape index (κ1) is 13.2. The summed E-state index contributed by atoms with van der Waals surface area (Å²) in [4.78, 5) is 4.40. The van der Waals surface area contributed by atoms with Crippen molar-refractivity contribution in [3.05, 3.63) is 52.5 Å². The second-order valence-corrected chi connectivity index (χ2v) is 5.42. The van der Waals surface area contributed by atoms with Crippen molar-refractivity contribution in [1.82, 2.24) is 10.3 Å². The van der Waals surface area contributed by atoms with Crippen molar-refractivity contribution in [3.63, 3.8) is 0 Å². The molecule has 0 radical (unpaired) electrons. The molecule has 0 saturated carbocycles. The van der Waals surface area contributed by atoms with E-state index in [1.165, 1.54) is 17.0 Å². The van der Waals surface area contributed by atoms with E-state index in [0.717, 1.165) is 19.5 Å². The molecule has 18 heavy (non-hydrogen) atoms.